The topological polar surface area (TPSA) is 43.3 Å². The zero-order valence-corrected chi connectivity index (χ0v) is 12.8. The van der Waals surface area contributed by atoms with E-state index in [0.29, 0.717) is 0 Å². The number of pyridine rings is 1. The Morgan fingerprint density at radius 3 is 2.95 bits per heavy atom. The van der Waals surface area contributed by atoms with Gasteiger partial charge in [0.1, 0.15) is 5.52 Å². The van der Waals surface area contributed by atoms with Crippen LogP contribution in [-0.4, -0.2) is 20.1 Å². The maximum absolute atomic E-state index is 5.73. The van der Waals surface area contributed by atoms with Crippen LogP contribution in [0.4, 0.5) is 0 Å². The van der Waals surface area contributed by atoms with Crippen LogP contribution in [0.5, 0.6) is 0 Å². The lowest BCUT2D eigenvalue weighted by atomic mass is 10.3. The summed E-state index contributed by atoms with van der Waals surface area (Å²) < 4.78 is 7.85. The smallest absolute Gasteiger partial charge is 0.195 e. The van der Waals surface area contributed by atoms with E-state index in [4.69, 9.17) is 4.42 Å². The van der Waals surface area contributed by atoms with Gasteiger partial charge in [-0.25, -0.2) is 9.97 Å². The van der Waals surface area contributed by atoms with Crippen LogP contribution in [0.3, 0.4) is 0 Å². The molecule has 0 fully saturated rings. The minimum atomic E-state index is 0.815. The fourth-order valence-electron chi connectivity index (χ4n) is 2.44. The Bertz CT molecular complexity index is 879. The lowest BCUT2D eigenvalue weighted by molar-refractivity contribution is 0.526. The highest BCUT2D eigenvalue weighted by Crippen LogP contribution is 2.21. The SMILES string of the molecule is c1ccc2oc(CCCSc3ncc4ccccn34)nc2c1. The molecule has 0 unspecified atom stereocenters. The Balaban J connectivity index is 1.37. The third kappa shape index (κ3) is 2.60. The van der Waals surface area contributed by atoms with Crippen molar-refractivity contribution in [2.24, 2.45) is 0 Å². The Morgan fingerprint density at radius 2 is 2.00 bits per heavy atom. The number of thioether (sulfide) groups is 1. The standard InChI is InChI=1S/C17H15N3OS/c1-2-8-15-14(7-1)19-16(21-15)9-5-11-22-17-18-12-13-6-3-4-10-20(13)17/h1-4,6-8,10,12H,5,9,11H2. The molecule has 0 saturated heterocycles. The molecular formula is C17H15N3OS. The molecule has 0 saturated carbocycles. The van der Waals surface area contributed by atoms with Gasteiger partial charge in [0, 0.05) is 18.4 Å². The zero-order valence-electron chi connectivity index (χ0n) is 12.0. The van der Waals surface area contributed by atoms with E-state index in [1.807, 2.05) is 48.8 Å². The molecule has 4 rings (SSSR count). The second-order valence-electron chi connectivity index (χ2n) is 5.06. The minimum Gasteiger partial charge on any atom is -0.441 e. The number of rotatable bonds is 5. The number of nitrogens with zero attached hydrogens (tertiary/aromatic N) is 3. The quantitative estimate of drug-likeness (QED) is 0.409. The first kappa shape index (κ1) is 13.4. The molecule has 3 aromatic heterocycles. The second kappa shape index (κ2) is 5.85. The highest BCUT2D eigenvalue weighted by Gasteiger charge is 2.06. The van der Waals surface area contributed by atoms with Crippen LogP contribution in [-0.2, 0) is 6.42 Å². The Hall–Kier alpha value is -2.27. The molecule has 4 aromatic rings. The van der Waals surface area contributed by atoms with Crippen LogP contribution in [0.25, 0.3) is 16.6 Å². The van der Waals surface area contributed by atoms with Gasteiger partial charge in [-0.2, -0.15) is 0 Å². The van der Waals surface area contributed by atoms with Crippen molar-refractivity contribution in [3.63, 3.8) is 0 Å². The van der Waals surface area contributed by atoms with Crippen molar-refractivity contribution >= 4 is 28.4 Å². The number of aromatic nitrogens is 3. The van der Waals surface area contributed by atoms with E-state index < -0.39 is 0 Å². The van der Waals surface area contributed by atoms with Crippen molar-refractivity contribution < 1.29 is 4.42 Å². The van der Waals surface area contributed by atoms with Gasteiger partial charge in [0.05, 0.1) is 11.7 Å². The molecule has 0 aliphatic heterocycles. The van der Waals surface area contributed by atoms with Gasteiger partial charge in [0.25, 0.3) is 0 Å². The van der Waals surface area contributed by atoms with Crippen molar-refractivity contribution in [2.75, 3.05) is 5.75 Å². The average molecular weight is 309 g/mol. The van der Waals surface area contributed by atoms with Crippen molar-refractivity contribution in [1.82, 2.24) is 14.4 Å². The molecule has 3 heterocycles. The monoisotopic (exact) mass is 309 g/mol. The van der Waals surface area contributed by atoms with Crippen LogP contribution in [0.2, 0.25) is 0 Å². The fourth-order valence-corrected chi connectivity index (χ4v) is 3.34. The number of imidazole rings is 1. The van der Waals surface area contributed by atoms with Gasteiger partial charge in [0.2, 0.25) is 0 Å². The molecule has 4 nitrogen and oxygen atoms in total. The molecule has 0 radical (unpaired) electrons. The third-order valence-electron chi connectivity index (χ3n) is 3.51. The first-order valence-corrected chi connectivity index (χ1v) is 8.28. The summed E-state index contributed by atoms with van der Waals surface area (Å²) in [5.41, 5.74) is 2.93. The number of hydrogen-bond acceptors (Lipinski definition) is 4. The number of aryl methyl sites for hydroxylation is 1. The van der Waals surface area contributed by atoms with Gasteiger partial charge in [-0.1, -0.05) is 30.0 Å². The summed E-state index contributed by atoms with van der Waals surface area (Å²) in [4.78, 5) is 8.96. The number of benzene rings is 1. The van der Waals surface area contributed by atoms with E-state index in [2.05, 4.69) is 20.4 Å². The van der Waals surface area contributed by atoms with Gasteiger partial charge in [-0.3, -0.25) is 4.40 Å². The molecule has 1 aromatic carbocycles. The average Bonchev–Trinajstić information content (AvgIpc) is 3.15. The van der Waals surface area contributed by atoms with E-state index in [-0.39, 0.29) is 0 Å². The largest absolute Gasteiger partial charge is 0.441 e. The molecule has 0 amide bonds. The van der Waals surface area contributed by atoms with Crippen molar-refractivity contribution in [2.45, 2.75) is 18.0 Å². The molecule has 0 bridgehead atoms. The summed E-state index contributed by atoms with van der Waals surface area (Å²) in [7, 11) is 0. The molecule has 22 heavy (non-hydrogen) atoms. The molecule has 5 heteroatoms. The highest BCUT2D eigenvalue weighted by molar-refractivity contribution is 7.99. The van der Waals surface area contributed by atoms with Crippen molar-refractivity contribution in [3.05, 3.63) is 60.7 Å². The highest BCUT2D eigenvalue weighted by atomic mass is 32.2. The van der Waals surface area contributed by atoms with Crippen LogP contribution >= 0.6 is 11.8 Å². The van der Waals surface area contributed by atoms with Gasteiger partial charge >= 0.3 is 0 Å². The number of fused-ring (bicyclic) bond motifs is 2. The summed E-state index contributed by atoms with van der Waals surface area (Å²) in [6.45, 7) is 0. The van der Waals surface area contributed by atoms with Crippen LogP contribution in [0, 0.1) is 0 Å². The Labute approximate surface area is 132 Å². The van der Waals surface area contributed by atoms with Gasteiger partial charge < -0.3 is 4.42 Å². The number of oxazole rings is 1. The van der Waals surface area contributed by atoms with E-state index in [9.17, 15) is 0 Å². The zero-order chi connectivity index (χ0) is 14.8. The fraction of sp³-hybridized carbons (Fsp3) is 0.176. The first-order chi connectivity index (χ1) is 10.9. The molecule has 0 spiro atoms. The summed E-state index contributed by atoms with van der Waals surface area (Å²) in [6, 6.07) is 14.0. The Kier molecular flexibility index (Phi) is 3.56. The summed E-state index contributed by atoms with van der Waals surface area (Å²) in [5.74, 6) is 1.81. The molecule has 0 N–H and O–H groups in total. The molecule has 0 aliphatic rings. The second-order valence-corrected chi connectivity index (χ2v) is 6.13. The predicted octanol–water partition coefficient (Wildman–Crippen LogP) is 4.20. The lowest BCUT2D eigenvalue weighted by Gasteiger charge is -2.00. The van der Waals surface area contributed by atoms with Crippen molar-refractivity contribution in [3.8, 4) is 0 Å². The molecule has 0 aliphatic carbocycles. The van der Waals surface area contributed by atoms with Crippen LogP contribution in [0.1, 0.15) is 12.3 Å². The summed E-state index contributed by atoms with van der Waals surface area (Å²) >= 11 is 1.77. The maximum Gasteiger partial charge on any atom is 0.195 e. The molecular weight excluding hydrogens is 294 g/mol. The van der Waals surface area contributed by atoms with Crippen LogP contribution in [0.15, 0.2) is 64.4 Å². The number of hydrogen-bond donors (Lipinski definition) is 0. The van der Waals surface area contributed by atoms with E-state index >= 15 is 0 Å². The normalized spacial score (nSPS) is 11.5. The summed E-state index contributed by atoms with van der Waals surface area (Å²) in [5, 5.41) is 1.04. The Morgan fingerprint density at radius 1 is 1.09 bits per heavy atom. The van der Waals surface area contributed by atoms with E-state index in [1.54, 1.807) is 11.8 Å². The van der Waals surface area contributed by atoms with Gasteiger partial charge in [-0.15, -0.1) is 0 Å². The van der Waals surface area contributed by atoms with Crippen molar-refractivity contribution in [1.29, 1.82) is 0 Å². The molecule has 110 valence electrons. The minimum absolute atomic E-state index is 0.815. The maximum atomic E-state index is 5.73. The van der Waals surface area contributed by atoms with Crippen LogP contribution < -0.4 is 0 Å². The lowest BCUT2D eigenvalue weighted by Crippen LogP contribution is -1.91. The predicted molar refractivity (Wildman–Crippen MR) is 88.2 cm³/mol. The van der Waals surface area contributed by atoms with Gasteiger partial charge in [0.15, 0.2) is 16.6 Å². The van der Waals surface area contributed by atoms with Gasteiger partial charge in [-0.05, 0) is 30.7 Å². The first-order valence-electron chi connectivity index (χ1n) is 7.29. The third-order valence-corrected chi connectivity index (χ3v) is 4.56. The molecule has 0 atom stereocenters. The van der Waals surface area contributed by atoms with E-state index in [1.165, 1.54) is 0 Å². The summed E-state index contributed by atoms with van der Waals surface area (Å²) in [6.07, 6.45) is 5.82. The van der Waals surface area contributed by atoms with E-state index in [0.717, 1.165) is 46.3 Å². The number of para-hydroxylation sites is 2.